The lowest BCUT2D eigenvalue weighted by Crippen LogP contribution is -2.12. The number of halogens is 1. The third-order valence-corrected chi connectivity index (χ3v) is 3.65. The molecular formula is C13H14BrNO2. The number of rotatable bonds is 2. The summed E-state index contributed by atoms with van der Waals surface area (Å²) < 4.78 is 6.13. The zero-order valence-corrected chi connectivity index (χ0v) is 11.6. The Labute approximate surface area is 108 Å². The van der Waals surface area contributed by atoms with Gasteiger partial charge in [0.25, 0.3) is 0 Å². The molecule has 0 spiro atoms. The third kappa shape index (κ3) is 1.86. The van der Waals surface area contributed by atoms with Crippen molar-refractivity contribution in [3.8, 4) is 5.75 Å². The normalized spacial score (nSPS) is 10.8. The highest BCUT2D eigenvalue weighted by Crippen LogP contribution is 2.28. The highest BCUT2D eigenvalue weighted by Gasteiger charge is 2.13. The second-order valence-corrected chi connectivity index (χ2v) is 4.77. The number of H-pyrrole nitrogens is 1. The first kappa shape index (κ1) is 12.2. The lowest BCUT2D eigenvalue weighted by atomic mass is 10.1. The summed E-state index contributed by atoms with van der Waals surface area (Å²) in [6, 6.07) is 3.68. The van der Waals surface area contributed by atoms with E-state index in [1.165, 1.54) is 0 Å². The van der Waals surface area contributed by atoms with Crippen molar-refractivity contribution >= 4 is 26.8 Å². The van der Waals surface area contributed by atoms with E-state index in [4.69, 9.17) is 4.74 Å². The number of aromatic amines is 1. The van der Waals surface area contributed by atoms with E-state index < -0.39 is 0 Å². The van der Waals surface area contributed by atoms with Gasteiger partial charge >= 0.3 is 0 Å². The fraction of sp³-hybridized carbons (Fsp3) is 0.308. The number of hydrogen-bond acceptors (Lipinski definition) is 2. The van der Waals surface area contributed by atoms with Gasteiger partial charge in [-0.2, -0.15) is 0 Å². The molecule has 17 heavy (non-hydrogen) atoms. The van der Waals surface area contributed by atoms with Gasteiger partial charge in [-0.3, -0.25) is 4.79 Å². The first-order valence-electron chi connectivity index (χ1n) is 5.48. The van der Waals surface area contributed by atoms with Crippen LogP contribution in [0.25, 0.3) is 10.9 Å². The molecule has 0 fully saturated rings. The van der Waals surface area contributed by atoms with Gasteiger partial charge in [-0.25, -0.2) is 0 Å². The standard InChI is InChI=1S/C13H14BrNO2/c1-4-9-7(2)13(16)11-10(17-3)6-5-8(14)12(11)15-9/h5-6H,4H2,1-3H3,(H,15,16). The van der Waals surface area contributed by atoms with E-state index in [-0.39, 0.29) is 5.43 Å². The molecule has 1 aromatic carbocycles. The maximum atomic E-state index is 12.3. The first-order valence-corrected chi connectivity index (χ1v) is 6.27. The summed E-state index contributed by atoms with van der Waals surface area (Å²) in [6.07, 6.45) is 0.806. The summed E-state index contributed by atoms with van der Waals surface area (Å²) in [5.74, 6) is 0.607. The number of nitrogens with one attached hydrogen (secondary N) is 1. The highest BCUT2D eigenvalue weighted by atomic mass is 79.9. The topological polar surface area (TPSA) is 42.1 Å². The Balaban J connectivity index is 3.00. The third-order valence-electron chi connectivity index (χ3n) is 2.99. The van der Waals surface area contributed by atoms with Gasteiger partial charge in [0, 0.05) is 15.7 Å². The molecule has 1 N–H and O–H groups in total. The fourth-order valence-electron chi connectivity index (χ4n) is 2.00. The number of aryl methyl sites for hydroxylation is 1. The van der Waals surface area contributed by atoms with E-state index in [0.29, 0.717) is 11.1 Å². The molecule has 2 aromatic rings. The summed E-state index contributed by atoms with van der Waals surface area (Å²) in [6.45, 7) is 3.87. The monoisotopic (exact) mass is 295 g/mol. The molecule has 0 saturated carbocycles. The van der Waals surface area contributed by atoms with Gasteiger partial charge in [-0.15, -0.1) is 0 Å². The largest absolute Gasteiger partial charge is 0.496 e. The Kier molecular flexibility index (Phi) is 3.24. The van der Waals surface area contributed by atoms with Crippen LogP contribution >= 0.6 is 15.9 Å². The van der Waals surface area contributed by atoms with Crippen molar-refractivity contribution in [2.75, 3.05) is 7.11 Å². The minimum atomic E-state index is 0.0359. The Morgan fingerprint density at radius 3 is 2.71 bits per heavy atom. The maximum Gasteiger partial charge on any atom is 0.196 e. The first-order chi connectivity index (χ1) is 8.10. The predicted molar refractivity (Wildman–Crippen MR) is 72.9 cm³/mol. The van der Waals surface area contributed by atoms with Crippen molar-refractivity contribution in [3.63, 3.8) is 0 Å². The number of ether oxygens (including phenoxy) is 1. The molecule has 1 heterocycles. The lowest BCUT2D eigenvalue weighted by Gasteiger charge is -2.10. The van der Waals surface area contributed by atoms with Crippen LogP contribution in [0.15, 0.2) is 21.4 Å². The molecule has 0 atom stereocenters. The molecule has 0 bridgehead atoms. The van der Waals surface area contributed by atoms with Gasteiger partial charge in [0.2, 0.25) is 0 Å². The zero-order chi connectivity index (χ0) is 12.6. The van der Waals surface area contributed by atoms with Crippen molar-refractivity contribution < 1.29 is 4.74 Å². The van der Waals surface area contributed by atoms with Crippen LogP contribution in [0.3, 0.4) is 0 Å². The fourth-order valence-corrected chi connectivity index (χ4v) is 2.43. The summed E-state index contributed by atoms with van der Waals surface area (Å²) in [5.41, 5.74) is 2.57. The number of aromatic nitrogens is 1. The van der Waals surface area contributed by atoms with Gasteiger partial charge in [-0.05, 0) is 41.4 Å². The van der Waals surface area contributed by atoms with Crippen molar-refractivity contribution in [1.82, 2.24) is 4.98 Å². The summed E-state index contributed by atoms with van der Waals surface area (Å²) in [4.78, 5) is 15.6. The molecule has 0 amide bonds. The van der Waals surface area contributed by atoms with E-state index >= 15 is 0 Å². The zero-order valence-electron chi connectivity index (χ0n) is 10.1. The number of fused-ring (bicyclic) bond motifs is 1. The minimum absolute atomic E-state index is 0.0359. The van der Waals surface area contributed by atoms with Gasteiger partial charge in [0.05, 0.1) is 18.0 Å². The summed E-state index contributed by atoms with van der Waals surface area (Å²) in [7, 11) is 1.57. The maximum absolute atomic E-state index is 12.3. The Bertz CT molecular complexity index is 631. The highest BCUT2D eigenvalue weighted by molar-refractivity contribution is 9.10. The van der Waals surface area contributed by atoms with E-state index in [2.05, 4.69) is 20.9 Å². The molecule has 0 unspecified atom stereocenters. The molecule has 4 heteroatoms. The van der Waals surface area contributed by atoms with Gasteiger partial charge in [0.15, 0.2) is 5.43 Å². The quantitative estimate of drug-likeness (QED) is 0.925. The van der Waals surface area contributed by atoms with Crippen LogP contribution < -0.4 is 10.2 Å². The molecule has 3 nitrogen and oxygen atoms in total. The molecule has 2 rings (SSSR count). The van der Waals surface area contributed by atoms with Gasteiger partial charge < -0.3 is 9.72 Å². The van der Waals surface area contributed by atoms with Crippen molar-refractivity contribution in [2.45, 2.75) is 20.3 Å². The van der Waals surface area contributed by atoms with Crippen LogP contribution in [0.5, 0.6) is 5.75 Å². The average molecular weight is 296 g/mol. The van der Waals surface area contributed by atoms with E-state index in [9.17, 15) is 4.79 Å². The molecular weight excluding hydrogens is 282 g/mol. The number of hydrogen-bond donors (Lipinski definition) is 1. The summed E-state index contributed by atoms with van der Waals surface area (Å²) >= 11 is 3.46. The molecule has 1 aromatic heterocycles. The van der Waals surface area contributed by atoms with E-state index in [0.717, 1.165) is 27.7 Å². The van der Waals surface area contributed by atoms with Crippen LogP contribution in [0.1, 0.15) is 18.2 Å². The second-order valence-electron chi connectivity index (χ2n) is 3.91. The second kappa shape index (κ2) is 4.53. The molecule has 0 aliphatic carbocycles. The Morgan fingerprint density at radius 1 is 1.41 bits per heavy atom. The molecule has 90 valence electrons. The van der Waals surface area contributed by atoms with E-state index in [1.54, 1.807) is 13.2 Å². The smallest absolute Gasteiger partial charge is 0.196 e. The van der Waals surface area contributed by atoms with E-state index in [1.807, 2.05) is 19.9 Å². The average Bonchev–Trinajstić information content (AvgIpc) is 2.34. The van der Waals surface area contributed by atoms with Crippen molar-refractivity contribution in [3.05, 3.63) is 38.1 Å². The Hall–Kier alpha value is -1.29. The molecule has 0 saturated heterocycles. The van der Waals surface area contributed by atoms with Gasteiger partial charge in [-0.1, -0.05) is 6.92 Å². The summed E-state index contributed by atoms with van der Waals surface area (Å²) in [5, 5.41) is 0.608. The predicted octanol–water partition coefficient (Wildman–Crippen LogP) is 3.17. The number of pyridine rings is 1. The van der Waals surface area contributed by atoms with Gasteiger partial charge in [0.1, 0.15) is 5.75 Å². The van der Waals surface area contributed by atoms with Crippen LogP contribution in [0, 0.1) is 6.92 Å². The molecule has 0 radical (unpaired) electrons. The van der Waals surface area contributed by atoms with Crippen LogP contribution in [-0.2, 0) is 6.42 Å². The van der Waals surface area contributed by atoms with Crippen molar-refractivity contribution in [2.24, 2.45) is 0 Å². The Morgan fingerprint density at radius 2 is 2.12 bits per heavy atom. The SMILES string of the molecule is CCc1[nH]c2c(Br)ccc(OC)c2c(=O)c1C. The van der Waals surface area contributed by atoms with Crippen molar-refractivity contribution in [1.29, 1.82) is 0 Å². The number of benzene rings is 1. The minimum Gasteiger partial charge on any atom is -0.496 e. The molecule has 0 aliphatic rings. The lowest BCUT2D eigenvalue weighted by molar-refractivity contribution is 0.419. The van der Waals surface area contributed by atoms with Crippen LogP contribution in [0.4, 0.5) is 0 Å². The van der Waals surface area contributed by atoms with Crippen LogP contribution in [0.2, 0.25) is 0 Å². The molecule has 0 aliphatic heterocycles. The van der Waals surface area contributed by atoms with Crippen LogP contribution in [-0.4, -0.2) is 12.1 Å². The number of methoxy groups -OCH3 is 1.